The fourth-order valence-electron chi connectivity index (χ4n) is 3.33. The third-order valence-corrected chi connectivity index (χ3v) is 7.49. The summed E-state index contributed by atoms with van der Waals surface area (Å²) < 4.78 is 10.2. The number of benzene rings is 3. The lowest BCUT2D eigenvalue weighted by atomic mass is 10.2. The molecular formula is C25H19BrClI2N3O2. The second kappa shape index (κ2) is 11.0. The van der Waals surface area contributed by atoms with Crippen LogP contribution in [0.15, 0.2) is 69.0 Å². The summed E-state index contributed by atoms with van der Waals surface area (Å²) in [4.78, 5) is 17.9. The van der Waals surface area contributed by atoms with E-state index in [-0.39, 0.29) is 11.5 Å². The Morgan fingerprint density at radius 2 is 1.85 bits per heavy atom. The van der Waals surface area contributed by atoms with Crippen LogP contribution in [0.3, 0.4) is 0 Å². The largest absolute Gasteiger partial charge is 0.487 e. The van der Waals surface area contributed by atoms with Crippen LogP contribution < -0.4 is 10.3 Å². The Bertz CT molecular complexity index is 1450. The summed E-state index contributed by atoms with van der Waals surface area (Å²) >= 11 is 14.2. The molecule has 3 aromatic carbocycles. The zero-order valence-corrected chi connectivity index (χ0v) is 24.9. The average molecular weight is 763 g/mol. The molecular weight excluding hydrogens is 743 g/mol. The molecule has 5 nitrogen and oxygen atoms in total. The highest BCUT2D eigenvalue weighted by Gasteiger charge is 2.14. The maximum Gasteiger partial charge on any atom is 0.282 e. The van der Waals surface area contributed by atoms with Crippen molar-refractivity contribution in [2.24, 2.45) is 5.10 Å². The van der Waals surface area contributed by atoms with Crippen LogP contribution in [0.2, 0.25) is 5.02 Å². The van der Waals surface area contributed by atoms with Crippen molar-refractivity contribution in [1.82, 2.24) is 9.66 Å². The number of fused-ring (bicyclic) bond motifs is 1. The summed E-state index contributed by atoms with van der Waals surface area (Å²) in [7, 11) is 0. The maximum atomic E-state index is 13.2. The predicted molar refractivity (Wildman–Crippen MR) is 158 cm³/mol. The molecule has 4 rings (SSSR count). The summed E-state index contributed by atoms with van der Waals surface area (Å²) in [5.41, 5.74) is 2.25. The van der Waals surface area contributed by atoms with Gasteiger partial charge in [0, 0.05) is 21.0 Å². The standard InChI is InChI=1S/C25H19BrClI2N3O2/c1-14(2)24-31-22-8-7-17(26)11-18(22)25(33)32(24)30-12-15-9-20(28)23(21(29)10-15)34-13-16-5-3-4-6-19(16)27/h3-12,14H,13H2,1-2H3. The Hall–Kier alpha value is -1.50. The fourth-order valence-corrected chi connectivity index (χ4v) is 6.01. The highest BCUT2D eigenvalue weighted by molar-refractivity contribution is 14.1. The Kier molecular flexibility index (Phi) is 8.32. The molecule has 34 heavy (non-hydrogen) atoms. The molecule has 4 aromatic rings. The zero-order chi connectivity index (χ0) is 24.4. The van der Waals surface area contributed by atoms with Crippen LogP contribution in [-0.2, 0) is 6.61 Å². The lowest BCUT2D eigenvalue weighted by Gasteiger charge is -2.13. The van der Waals surface area contributed by atoms with Crippen LogP contribution in [0.25, 0.3) is 10.9 Å². The Morgan fingerprint density at radius 1 is 1.15 bits per heavy atom. The van der Waals surface area contributed by atoms with Gasteiger partial charge in [0.2, 0.25) is 0 Å². The minimum absolute atomic E-state index is 0.0266. The van der Waals surface area contributed by atoms with Crippen molar-refractivity contribution < 1.29 is 4.74 Å². The number of ether oxygens (including phenoxy) is 1. The Morgan fingerprint density at radius 3 is 2.53 bits per heavy atom. The van der Waals surface area contributed by atoms with Crippen LogP contribution in [0.4, 0.5) is 0 Å². The van der Waals surface area contributed by atoms with Gasteiger partial charge in [-0.25, -0.2) is 4.98 Å². The number of hydrogen-bond donors (Lipinski definition) is 0. The normalized spacial score (nSPS) is 11.6. The summed E-state index contributed by atoms with van der Waals surface area (Å²) in [6.07, 6.45) is 1.68. The summed E-state index contributed by atoms with van der Waals surface area (Å²) in [5.74, 6) is 1.43. The van der Waals surface area contributed by atoms with Crippen LogP contribution in [0, 0.1) is 7.14 Å². The second-order valence-corrected chi connectivity index (χ2v) is 11.5. The van der Waals surface area contributed by atoms with E-state index < -0.39 is 0 Å². The van der Waals surface area contributed by atoms with Crippen molar-refractivity contribution in [1.29, 1.82) is 0 Å². The van der Waals surface area contributed by atoms with Crippen molar-refractivity contribution in [3.05, 3.63) is 98.5 Å². The van der Waals surface area contributed by atoms with E-state index in [0.717, 1.165) is 28.5 Å². The predicted octanol–water partition coefficient (Wildman–Crippen LogP) is 7.61. The molecule has 0 unspecified atom stereocenters. The third-order valence-electron chi connectivity index (χ3n) is 5.02. The fraction of sp³-hybridized carbons (Fsp3) is 0.160. The van der Waals surface area contributed by atoms with E-state index in [1.165, 1.54) is 4.68 Å². The highest BCUT2D eigenvalue weighted by atomic mass is 127. The topological polar surface area (TPSA) is 56.5 Å². The molecule has 9 heteroatoms. The molecule has 174 valence electrons. The first-order valence-corrected chi connectivity index (χ1v) is 13.7. The Balaban J connectivity index is 1.66. The van der Waals surface area contributed by atoms with Gasteiger partial charge in [-0.3, -0.25) is 4.79 Å². The molecule has 0 N–H and O–H groups in total. The van der Waals surface area contributed by atoms with Crippen LogP contribution >= 0.6 is 72.7 Å². The molecule has 0 fully saturated rings. The van der Waals surface area contributed by atoms with Gasteiger partial charge in [-0.2, -0.15) is 9.78 Å². The molecule has 0 radical (unpaired) electrons. The van der Waals surface area contributed by atoms with Crippen molar-refractivity contribution in [3.63, 3.8) is 0 Å². The average Bonchev–Trinajstić information content (AvgIpc) is 2.79. The molecule has 0 atom stereocenters. The summed E-state index contributed by atoms with van der Waals surface area (Å²) in [6.45, 7) is 4.37. The molecule has 0 aliphatic rings. The van der Waals surface area contributed by atoms with Crippen molar-refractivity contribution >= 4 is 89.8 Å². The van der Waals surface area contributed by atoms with E-state index in [2.05, 4.69) is 66.2 Å². The molecule has 0 amide bonds. The van der Waals surface area contributed by atoms with Crippen molar-refractivity contribution in [2.75, 3.05) is 0 Å². The van der Waals surface area contributed by atoms with E-state index in [1.807, 2.05) is 62.4 Å². The first kappa shape index (κ1) is 25.6. The molecule has 1 heterocycles. The van der Waals surface area contributed by atoms with Gasteiger partial charge in [0.15, 0.2) is 0 Å². The molecule has 0 saturated heterocycles. The summed E-state index contributed by atoms with van der Waals surface area (Å²) in [6, 6.07) is 17.1. The summed E-state index contributed by atoms with van der Waals surface area (Å²) in [5, 5.41) is 5.73. The van der Waals surface area contributed by atoms with Gasteiger partial charge in [-0.05, 0) is 87.1 Å². The number of nitrogens with zero attached hydrogens (tertiary/aromatic N) is 3. The first-order valence-electron chi connectivity index (χ1n) is 10.4. The van der Waals surface area contributed by atoms with Gasteiger partial charge in [0.1, 0.15) is 18.2 Å². The van der Waals surface area contributed by atoms with Crippen molar-refractivity contribution in [3.8, 4) is 5.75 Å². The highest BCUT2D eigenvalue weighted by Crippen LogP contribution is 2.30. The smallest absolute Gasteiger partial charge is 0.282 e. The zero-order valence-electron chi connectivity index (χ0n) is 18.2. The quantitative estimate of drug-likeness (QED) is 0.150. The lowest BCUT2D eigenvalue weighted by Crippen LogP contribution is -2.23. The molecule has 0 saturated carbocycles. The van der Waals surface area contributed by atoms with Crippen molar-refractivity contribution in [2.45, 2.75) is 26.4 Å². The van der Waals surface area contributed by atoms with Gasteiger partial charge in [-0.1, -0.05) is 59.6 Å². The van der Waals surface area contributed by atoms with Crippen LogP contribution in [0.1, 0.15) is 36.7 Å². The second-order valence-electron chi connectivity index (χ2n) is 7.84. The molecule has 0 bridgehead atoms. The molecule has 1 aromatic heterocycles. The van der Waals surface area contributed by atoms with E-state index in [1.54, 1.807) is 12.3 Å². The van der Waals surface area contributed by atoms with Gasteiger partial charge in [0.25, 0.3) is 5.56 Å². The van der Waals surface area contributed by atoms with E-state index in [0.29, 0.717) is 28.4 Å². The van der Waals surface area contributed by atoms with E-state index in [4.69, 9.17) is 21.3 Å². The molecule has 0 spiro atoms. The van der Waals surface area contributed by atoms with E-state index in [9.17, 15) is 4.79 Å². The van der Waals surface area contributed by atoms with Gasteiger partial charge < -0.3 is 4.74 Å². The number of hydrogen-bond acceptors (Lipinski definition) is 4. The number of rotatable bonds is 6. The van der Waals surface area contributed by atoms with Gasteiger partial charge in [-0.15, -0.1) is 0 Å². The lowest BCUT2D eigenvalue weighted by molar-refractivity contribution is 0.302. The van der Waals surface area contributed by atoms with Gasteiger partial charge >= 0.3 is 0 Å². The van der Waals surface area contributed by atoms with Crippen LogP contribution in [-0.4, -0.2) is 15.9 Å². The minimum atomic E-state index is -0.199. The monoisotopic (exact) mass is 761 g/mol. The first-order chi connectivity index (χ1) is 16.2. The number of aromatic nitrogens is 2. The molecule has 0 aliphatic carbocycles. The SMILES string of the molecule is CC(C)c1nc2ccc(Br)cc2c(=O)n1N=Cc1cc(I)c(OCc2ccccc2Cl)c(I)c1. The maximum absolute atomic E-state index is 13.2. The molecule has 0 aliphatic heterocycles. The third kappa shape index (κ3) is 5.66. The Labute approximate surface area is 238 Å². The minimum Gasteiger partial charge on any atom is -0.487 e. The van der Waals surface area contributed by atoms with Gasteiger partial charge in [0.05, 0.1) is 24.3 Å². The number of halogens is 4. The van der Waals surface area contributed by atoms with Crippen LogP contribution in [0.5, 0.6) is 5.75 Å². The van der Waals surface area contributed by atoms with E-state index >= 15 is 0 Å².